The van der Waals surface area contributed by atoms with Crippen LogP contribution < -0.4 is 0 Å². The second kappa shape index (κ2) is 7.40. The van der Waals surface area contributed by atoms with Crippen molar-refractivity contribution >= 4 is 35.2 Å². The van der Waals surface area contributed by atoms with E-state index in [0.29, 0.717) is 18.8 Å². The van der Waals surface area contributed by atoms with Crippen molar-refractivity contribution in [2.75, 3.05) is 18.8 Å². The highest BCUT2D eigenvalue weighted by Crippen LogP contribution is 2.24. The van der Waals surface area contributed by atoms with Crippen molar-refractivity contribution in [2.24, 2.45) is 0 Å². The molecule has 0 atom stereocenters. The normalized spacial score (nSPS) is 10.3. The summed E-state index contributed by atoms with van der Waals surface area (Å²) in [5, 5.41) is 9.16. The van der Waals surface area contributed by atoms with Crippen molar-refractivity contribution in [2.45, 2.75) is 18.7 Å². The molecule has 1 amide bonds. The number of nitrogens with zero attached hydrogens (tertiary/aromatic N) is 1. The quantitative estimate of drug-likeness (QED) is 0.821. The first-order chi connectivity index (χ1) is 8.99. The van der Waals surface area contributed by atoms with Crippen molar-refractivity contribution in [3.05, 3.63) is 28.8 Å². The van der Waals surface area contributed by atoms with Crippen LogP contribution >= 0.6 is 23.4 Å². The number of thioether (sulfide) groups is 1. The Morgan fingerprint density at radius 2 is 1.95 bits per heavy atom. The lowest BCUT2D eigenvalue weighted by molar-refractivity contribution is -0.127. The fraction of sp³-hybridized carbons (Fsp3) is 0.385. The Hall–Kier alpha value is -1.20. The van der Waals surface area contributed by atoms with Crippen LogP contribution in [0.25, 0.3) is 0 Å². The Kier molecular flexibility index (Phi) is 6.18. The van der Waals surface area contributed by atoms with Crippen LogP contribution in [-0.4, -0.2) is 40.7 Å². The molecule has 0 aliphatic carbocycles. The maximum absolute atomic E-state index is 11.8. The summed E-state index contributed by atoms with van der Waals surface area (Å²) in [5.74, 6) is -0.730. The maximum Gasteiger partial charge on any atom is 0.337 e. The Balaban J connectivity index is 2.71. The molecule has 19 heavy (non-hydrogen) atoms. The van der Waals surface area contributed by atoms with E-state index >= 15 is 0 Å². The van der Waals surface area contributed by atoms with Crippen molar-refractivity contribution in [1.29, 1.82) is 0 Å². The van der Waals surface area contributed by atoms with Gasteiger partial charge in [-0.3, -0.25) is 4.79 Å². The lowest BCUT2D eigenvalue weighted by Crippen LogP contribution is -2.31. The van der Waals surface area contributed by atoms with Crippen LogP contribution in [0.2, 0.25) is 5.02 Å². The second-order valence-corrected chi connectivity index (χ2v) is 5.26. The Morgan fingerprint density at radius 3 is 2.47 bits per heavy atom. The number of carbonyl (C=O) groups is 2. The van der Waals surface area contributed by atoms with Crippen LogP contribution in [0.4, 0.5) is 0 Å². The van der Waals surface area contributed by atoms with E-state index in [2.05, 4.69) is 0 Å². The molecule has 0 fully saturated rings. The predicted molar refractivity (Wildman–Crippen MR) is 77.1 cm³/mol. The van der Waals surface area contributed by atoms with Gasteiger partial charge in [0.05, 0.1) is 16.3 Å². The average Bonchev–Trinajstić information content (AvgIpc) is 2.38. The molecule has 0 heterocycles. The second-order valence-electron chi connectivity index (χ2n) is 3.80. The van der Waals surface area contributed by atoms with Crippen LogP contribution in [0, 0.1) is 0 Å². The van der Waals surface area contributed by atoms with Gasteiger partial charge in [-0.15, -0.1) is 11.8 Å². The first-order valence-corrected chi connectivity index (χ1v) is 7.29. The first kappa shape index (κ1) is 15.9. The van der Waals surface area contributed by atoms with Gasteiger partial charge in [0.15, 0.2) is 0 Å². The van der Waals surface area contributed by atoms with Crippen LogP contribution in [0.1, 0.15) is 24.2 Å². The molecule has 0 unspecified atom stereocenters. The molecule has 1 aromatic carbocycles. The van der Waals surface area contributed by atoms with Gasteiger partial charge in [0.25, 0.3) is 0 Å². The standard InChI is InChI=1S/C13H16ClNO3S/c1-3-15(4-2)12(16)8-19-9-5-6-11(14)10(7-9)13(17)18/h5-7H,3-4,8H2,1-2H3,(H,17,18). The van der Waals surface area contributed by atoms with Crippen molar-refractivity contribution in [3.63, 3.8) is 0 Å². The van der Waals surface area contributed by atoms with Gasteiger partial charge >= 0.3 is 5.97 Å². The molecule has 0 spiro atoms. The fourth-order valence-electron chi connectivity index (χ4n) is 1.57. The van der Waals surface area contributed by atoms with Crippen molar-refractivity contribution in [1.82, 2.24) is 4.90 Å². The van der Waals surface area contributed by atoms with Gasteiger partial charge in [0.1, 0.15) is 0 Å². The minimum absolute atomic E-state index is 0.0434. The Bertz CT molecular complexity index is 475. The van der Waals surface area contributed by atoms with E-state index in [1.807, 2.05) is 13.8 Å². The van der Waals surface area contributed by atoms with E-state index in [-0.39, 0.29) is 16.5 Å². The SMILES string of the molecule is CCN(CC)C(=O)CSc1ccc(Cl)c(C(=O)O)c1. The third-order valence-corrected chi connectivity index (χ3v) is 3.95. The molecule has 0 radical (unpaired) electrons. The third-order valence-electron chi connectivity index (χ3n) is 2.65. The molecular weight excluding hydrogens is 286 g/mol. The van der Waals surface area contributed by atoms with Gasteiger partial charge in [-0.1, -0.05) is 11.6 Å². The summed E-state index contributed by atoms with van der Waals surface area (Å²) in [6, 6.07) is 4.75. The van der Waals surface area contributed by atoms with E-state index in [0.717, 1.165) is 4.90 Å². The van der Waals surface area contributed by atoms with E-state index in [1.165, 1.54) is 23.9 Å². The summed E-state index contributed by atoms with van der Waals surface area (Å²) >= 11 is 7.10. The highest BCUT2D eigenvalue weighted by atomic mass is 35.5. The van der Waals surface area contributed by atoms with Gasteiger partial charge in [0, 0.05) is 18.0 Å². The zero-order valence-electron chi connectivity index (χ0n) is 10.9. The number of halogens is 1. The summed E-state index contributed by atoms with van der Waals surface area (Å²) in [6.45, 7) is 5.21. The summed E-state index contributed by atoms with van der Waals surface area (Å²) < 4.78 is 0. The molecular formula is C13H16ClNO3S. The smallest absolute Gasteiger partial charge is 0.337 e. The average molecular weight is 302 g/mol. The van der Waals surface area contributed by atoms with E-state index < -0.39 is 5.97 Å². The van der Waals surface area contributed by atoms with Gasteiger partial charge in [-0.2, -0.15) is 0 Å². The minimum Gasteiger partial charge on any atom is -0.478 e. The molecule has 0 saturated heterocycles. The van der Waals surface area contributed by atoms with E-state index in [1.54, 1.807) is 11.0 Å². The molecule has 0 aliphatic rings. The zero-order valence-corrected chi connectivity index (χ0v) is 12.4. The monoisotopic (exact) mass is 301 g/mol. The van der Waals surface area contributed by atoms with Crippen LogP contribution in [-0.2, 0) is 4.79 Å². The van der Waals surface area contributed by atoms with E-state index in [9.17, 15) is 9.59 Å². The predicted octanol–water partition coefficient (Wildman–Crippen LogP) is 3.00. The molecule has 0 bridgehead atoms. The number of hydrogen-bond donors (Lipinski definition) is 1. The van der Waals surface area contributed by atoms with Crippen LogP contribution in [0.15, 0.2) is 23.1 Å². The maximum atomic E-state index is 11.8. The highest BCUT2D eigenvalue weighted by molar-refractivity contribution is 8.00. The highest BCUT2D eigenvalue weighted by Gasteiger charge is 2.12. The Morgan fingerprint density at radius 1 is 1.32 bits per heavy atom. The molecule has 0 aromatic heterocycles. The van der Waals surface area contributed by atoms with E-state index in [4.69, 9.17) is 16.7 Å². The Labute approximate surface area is 121 Å². The minimum atomic E-state index is -1.07. The summed E-state index contributed by atoms with van der Waals surface area (Å²) in [6.07, 6.45) is 0. The van der Waals surface area contributed by atoms with Gasteiger partial charge in [0.2, 0.25) is 5.91 Å². The molecule has 104 valence electrons. The molecule has 1 aromatic rings. The topological polar surface area (TPSA) is 57.6 Å². The number of aromatic carboxylic acids is 1. The van der Waals surface area contributed by atoms with Gasteiger partial charge in [-0.05, 0) is 32.0 Å². The summed E-state index contributed by atoms with van der Waals surface area (Å²) in [4.78, 5) is 25.2. The van der Waals surface area contributed by atoms with Crippen molar-refractivity contribution < 1.29 is 14.7 Å². The van der Waals surface area contributed by atoms with Gasteiger partial charge in [-0.25, -0.2) is 4.79 Å². The number of carbonyl (C=O) groups excluding carboxylic acids is 1. The van der Waals surface area contributed by atoms with Gasteiger partial charge < -0.3 is 10.0 Å². The first-order valence-electron chi connectivity index (χ1n) is 5.93. The molecule has 0 saturated carbocycles. The molecule has 1 N–H and O–H groups in total. The largest absolute Gasteiger partial charge is 0.478 e. The lowest BCUT2D eigenvalue weighted by Gasteiger charge is -2.18. The fourth-order valence-corrected chi connectivity index (χ4v) is 2.61. The van der Waals surface area contributed by atoms with Crippen molar-refractivity contribution in [3.8, 4) is 0 Å². The zero-order chi connectivity index (χ0) is 14.4. The molecule has 6 heteroatoms. The van der Waals surface area contributed by atoms with Crippen LogP contribution in [0.3, 0.4) is 0 Å². The number of rotatable bonds is 6. The lowest BCUT2D eigenvalue weighted by atomic mass is 10.2. The number of carboxylic acid groups (broad SMARTS) is 1. The van der Waals surface area contributed by atoms with Crippen LogP contribution in [0.5, 0.6) is 0 Å². The third kappa shape index (κ3) is 4.44. The number of carboxylic acids is 1. The molecule has 0 aliphatic heterocycles. The summed E-state index contributed by atoms with van der Waals surface area (Å²) in [7, 11) is 0. The number of benzene rings is 1. The molecule has 1 rings (SSSR count). The number of hydrogen-bond acceptors (Lipinski definition) is 3. The number of amides is 1. The molecule has 4 nitrogen and oxygen atoms in total. The summed E-state index contributed by atoms with van der Waals surface area (Å²) in [5.41, 5.74) is 0.0574.